The molecule has 0 radical (unpaired) electrons. The molecule has 1 unspecified atom stereocenters. The van der Waals surface area contributed by atoms with E-state index in [1.165, 1.54) is 12.8 Å². The first-order valence-corrected chi connectivity index (χ1v) is 8.37. The van der Waals surface area contributed by atoms with Crippen molar-refractivity contribution in [2.75, 3.05) is 32.7 Å². The molecule has 6 heteroatoms. The van der Waals surface area contributed by atoms with E-state index in [0.717, 1.165) is 26.1 Å². The third-order valence-electron chi connectivity index (χ3n) is 4.61. The Bertz CT molecular complexity index is 448. The van der Waals surface area contributed by atoms with E-state index in [2.05, 4.69) is 9.80 Å². The van der Waals surface area contributed by atoms with Crippen LogP contribution < -0.4 is 0 Å². The van der Waals surface area contributed by atoms with Gasteiger partial charge in [0, 0.05) is 38.8 Å². The van der Waals surface area contributed by atoms with Crippen molar-refractivity contribution in [3.05, 3.63) is 0 Å². The first-order valence-electron chi connectivity index (χ1n) is 8.37. The van der Waals surface area contributed by atoms with Crippen molar-refractivity contribution in [1.82, 2.24) is 14.7 Å². The maximum atomic E-state index is 12.5. The number of ether oxygens (including phenoxy) is 1. The topological polar surface area (TPSA) is 53.1 Å². The Balaban J connectivity index is 1.49. The van der Waals surface area contributed by atoms with Crippen LogP contribution >= 0.6 is 0 Å². The standard InChI is InChI=1S/C16H27N3O3/c1-16(2,3)22-15(21)18-10-8-17(9-11-18)13-6-7-19(14(13)20)12-4-5-12/h12-13H,4-11H2,1-3H3. The van der Waals surface area contributed by atoms with Crippen LogP contribution in [0, 0.1) is 0 Å². The molecule has 1 atom stereocenters. The van der Waals surface area contributed by atoms with Gasteiger partial charge in [0.15, 0.2) is 0 Å². The molecule has 0 N–H and O–H groups in total. The molecular formula is C16H27N3O3. The number of likely N-dealkylation sites (tertiary alicyclic amines) is 1. The number of hydrogen-bond donors (Lipinski definition) is 0. The van der Waals surface area contributed by atoms with Gasteiger partial charge in [-0.3, -0.25) is 9.69 Å². The summed E-state index contributed by atoms with van der Waals surface area (Å²) in [6, 6.07) is 0.543. The Morgan fingerprint density at radius 3 is 2.23 bits per heavy atom. The Kier molecular flexibility index (Phi) is 4.05. The van der Waals surface area contributed by atoms with Gasteiger partial charge in [-0.05, 0) is 40.0 Å². The predicted molar refractivity (Wildman–Crippen MR) is 82.5 cm³/mol. The number of piperazine rings is 1. The lowest BCUT2D eigenvalue weighted by atomic mass is 10.2. The van der Waals surface area contributed by atoms with Gasteiger partial charge in [-0.2, -0.15) is 0 Å². The zero-order valence-electron chi connectivity index (χ0n) is 13.9. The van der Waals surface area contributed by atoms with Gasteiger partial charge in [0.25, 0.3) is 0 Å². The van der Waals surface area contributed by atoms with Gasteiger partial charge >= 0.3 is 6.09 Å². The van der Waals surface area contributed by atoms with Gasteiger partial charge < -0.3 is 14.5 Å². The molecule has 6 nitrogen and oxygen atoms in total. The van der Waals surface area contributed by atoms with E-state index in [-0.39, 0.29) is 12.1 Å². The smallest absolute Gasteiger partial charge is 0.410 e. The summed E-state index contributed by atoms with van der Waals surface area (Å²) in [6.07, 6.45) is 3.03. The van der Waals surface area contributed by atoms with Crippen LogP contribution in [-0.2, 0) is 9.53 Å². The van der Waals surface area contributed by atoms with E-state index in [1.807, 2.05) is 20.8 Å². The maximum Gasteiger partial charge on any atom is 0.410 e. The highest BCUT2D eigenvalue weighted by Gasteiger charge is 2.43. The number of rotatable bonds is 2. The number of carbonyl (C=O) groups is 2. The fourth-order valence-electron chi connectivity index (χ4n) is 3.32. The number of amides is 2. The molecule has 2 saturated heterocycles. The average molecular weight is 309 g/mol. The summed E-state index contributed by atoms with van der Waals surface area (Å²) >= 11 is 0. The third-order valence-corrected chi connectivity index (χ3v) is 4.61. The molecule has 2 aliphatic heterocycles. The zero-order valence-corrected chi connectivity index (χ0v) is 13.9. The predicted octanol–water partition coefficient (Wildman–Crippen LogP) is 1.30. The molecule has 3 fully saturated rings. The third kappa shape index (κ3) is 3.37. The van der Waals surface area contributed by atoms with Crippen LogP contribution in [0.1, 0.15) is 40.0 Å². The molecule has 3 aliphatic rings. The molecule has 1 saturated carbocycles. The van der Waals surface area contributed by atoms with Crippen LogP contribution in [0.25, 0.3) is 0 Å². The monoisotopic (exact) mass is 309 g/mol. The number of nitrogens with zero attached hydrogens (tertiary/aromatic N) is 3. The summed E-state index contributed by atoms with van der Waals surface area (Å²) in [5, 5.41) is 0. The molecule has 0 spiro atoms. The van der Waals surface area contributed by atoms with Gasteiger partial charge in [-0.25, -0.2) is 4.79 Å². The van der Waals surface area contributed by atoms with Gasteiger partial charge in [-0.1, -0.05) is 0 Å². The second kappa shape index (κ2) is 5.72. The van der Waals surface area contributed by atoms with E-state index in [9.17, 15) is 9.59 Å². The van der Waals surface area contributed by atoms with E-state index >= 15 is 0 Å². The second-order valence-electron chi connectivity index (χ2n) is 7.57. The first kappa shape index (κ1) is 15.6. The molecule has 0 aromatic rings. The van der Waals surface area contributed by atoms with Crippen LogP contribution in [-0.4, -0.2) is 77.1 Å². The van der Waals surface area contributed by atoms with Crippen molar-refractivity contribution in [3.8, 4) is 0 Å². The quantitative estimate of drug-likeness (QED) is 0.771. The lowest BCUT2D eigenvalue weighted by Crippen LogP contribution is -2.54. The molecule has 1 aliphatic carbocycles. The van der Waals surface area contributed by atoms with Crippen LogP contribution in [0.5, 0.6) is 0 Å². The highest BCUT2D eigenvalue weighted by Crippen LogP contribution is 2.32. The molecule has 3 rings (SSSR count). The summed E-state index contributed by atoms with van der Waals surface area (Å²) in [5.41, 5.74) is -0.458. The minimum atomic E-state index is -0.458. The lowest BCUT2D eigenvalue weighted by molar-refractivity contribution is -0.133. The molecular weight excluding hydrogens is 282 g/mol. The molecule has 0 aromatic heterocycles. The Morgan fingerprint density at radius 1 is 1.05 bits per heavy atom. The number of carbonyl (C=O) groups excluding carboxylic acids is 2. The van der Waals surface area contributed by atoms with Crippen LogP contribution in [0.2, 0.25) is 0 Å². The van der Waals surface area contributed by atoms with E-state index < -0.39 is 5.60 Å². The van der Waals surface area contributed by atoms with Crippen LogP contribution in [0.15, 0.2) is 0 Å². The van der Waals surface area contributed by atoms with E-state index in [4.69, 9.17) is 4.74 Å². The van der Waals surface area contributed by atoms with Crippen molar-refractivity contribution < 1.29 is 14.3 Å². The normalized spacial score (nSPS) is 27.4. The zero-order chi connectivity index (χ0) is 15.9. The van der Waals surface area contributed by atoms with Crippen LogP contribution in [0.3, 0.4) is 0 Å². The van der Waals surface area contributed by atoms with Gasteiger partial charge in [0.1, 0.15) is 5.60 Å². The first-order chi connectivity index (χ1) is 10.3. The molecule has 22 heavy (non-hydrogen) atoms. The minimum Gasteiger partial charge on any atom is -0.444 e. The Hall–Kier alpha value is -1.30. The molecule has 2 heterocycles. The summed E-state index contributed by atoms with van der Waals surface area (Å²) in [4.78, 5) is 30.6. The lowest BCUT2D eigenvalue weighted by Gasteiger charge is -2.37. The SMILES string of the molecule is CC(C)(C)OC(=O)N1CCN(C2CCN(C3CC3)C2=O)CC1. The fraction of sp³-hybridized carbons (Fsp3) is 0.875. The second-order valence-corrected chi connectivity index (χ2v) is 7.57. The Labute approximate surface area is 132 Å². The van der Waals surface area contributed by atoms with Crippen molar-refractivity contribution in [2.24, 2.45) is 0 Å². The maximum absolute atomic E-state index is 12.5. The average Bonchev–Trinajstić information content (AvgIpc) is 3.20. The van der Waals surface area contributed by atoms with Gasteiger partial charge in [0.2, 0.25) is 5.91 Å². The largest absolute Gasteiger partial charge is 0.444 e. The molecule has 2 amide bonds. The highest BCUT2D eigenvalue weighted by atomic mass is 16.6. The van der Waals surface area contributed by atoms with Crippen molar-refractivity contribution in [2.45, 2.75) is 57.7 Å². The van der Waals surface area contributed by atoms with E-state index in [0.29, 0.717) is 25.0 Å². The van der Waals surface area contributed by atoms with Gasteiger partial charge in [-0.15, -0.1) is 0 Å². The highest BCUT2D eigenvalue weighted by molar-refractivity contribution is 5.84. The summed E-state index contributed by atoms with van der Waals surface area (Å²) < 4.78 is 5.41. The Morgan fingerprint density at radius 2 is 1.68 bits per heavy atom. The van der Waals surface area contributed by atoms with Crippen molar-refractivity contribution in [3.63, 3.8) is 0 Å². The minimum absolute atomic E-state index is 0.0291. The number of hydrogen-bond acceptors (Lipinski definition) is 4. The molecule has 124 valence electrons. The fourth-order valence-corrected chi connectivity index (χ4v) is 3.32. The van der Waals surface area contributed by atoms with Crippen molar-refractivity contribution >= 4 is 12.0 Å². The molecule has 0 bridgehead atoms. The van der Waals surface area contributed by atoms with Crippen molar-refractivity contribution in [1.29, 1.82) is 0 Å². The van der Waals surface area contributed by atoms with E-state index in [1.54, 1.807) is 4.90 Å². The summed E-state index contributed by atoms with van der Waals surface area (Å²) in [5.74, 6) is 0.299. The molecule has 0 aromatic carbocycles. The summed E-state index contributed by atoms with van der Waals surface area (Å²) in [7, 11) is 0. The van der Waals surface area contributed by atoms with Crippen LogP contribution in [0.4, 0.5) is 4.79 Å². The van der Waals surface area contributed by atoms with Gasteiger partial charge in [0.05, 0.1) is 6.04 Å². The summed E-state index contributed by atoms with van der Waals surface area (Å²) in [6.45, 7) is 9.34.